The van der Waals surface area contributed by atoms with Gasteiger partial charge in [-0.15, -0.1) is 0 Å². The van der Waals surface area contributed by atoms with Gasteiger partial charge < -0.3 is 9.64 Å². The number of para-hydroxylation sites is 1. The number of ether oxygens (including phenoxy) is 1. The summed E-state index contributed by atoms with van der Waals surface area (Å²) < 4.78 is 45.8. The van der Waals surface area contributed by atoms with Crippen molar-refractivity contribution in [3.63, 3.8) is 0 Å². The van der Waals surface area contributed by atoms with Gasteiger partial charge >= 0.3 is 6.18 Å². The highest BCUT2D eigenvalue weighted by molar-refractivity contribution is 7.22. The summed E-state index contributed by atoms with van der Waals surface area (Å²) in [5.74, 6) is 0.0801. The molecule has 0 saturated carbocycles. The fourth-order valence-corrected chi connectivity index (χ4v) is 3.87. The quantitative estimate of drug-likeness (QED) is 0.526. The minimum atomic E-state index is -4.52. The van der Waals surface area contributed by atoms with Gasteiger partial charge in [0, 0.05) is 18.7 Å². The van der Waals surface area contributed by atoms with E-state index in [-0.39, 0.29) is 12.1 Å². The molecule has 30 heavy (non-hydrogen) atoms. The Labute approximate surface area is 176 Å². The van der Waals surface area contributed by atoms with Crippen LogP contribution in [-0.2, 0) is 6.18 Å². The van der Waals surface area contributed by atoms with Crippen molar-refractivity contribution in [3.8, 4) is 5.75 Å². The Morgan fingerprint density at radius 2 is 1.87 bits per heavy atom. The predicted molar refractivity (Wildman–Crippen MR) is 112 cm³/mol. The van der Waals surface area contributed by atoms with Crippen LogP contribution in [0.25, 0.3) is 10.2 Å². The topological polar surface area (TPSA) is 45.7 Å². The number of hydrogen-bond donors (Lipinski definition) is 0. The third kappa shape index (κ3) is 4.91. The van der Waals surface area contributed by atoms with E-state index in [1.54, 1.807) is 6.07 Å². The van der Waals surface area contributed by atoms with Gasteiger partial charge in [0.25, 0.3) is 5.91 Å². The summed E-state index contributed by atoms with van der Waals surface area (Å²) in [6.45, 7) is 3.15. The van der Waals surface area contributed by atoms with Crippen molar-refractivity contribution >= 4 is 32.6 Å². The Morgan fingerprint density at radius 3 is 2.53 bits per heavy atom. The Balaban J connectivity index is 2.02. The van der Waals surface area contributed by atoms with Gasteiger partial charge in [0.15, 0.2) is 5.13 Å². The second-order valence-corrected chi connectivity index (χ2v) is 7.88. The summed E-state index contributed by atoms with van der Waals surface area (Å²) in [4.78, 5) is 21.1. The third-order valence-electron chi connectivity index (χ3n) is 4.35. The fourth-order valence-electron chi connectivity index (χ4n) is 2.87. The fraction of sp³-hybridized carbons (Fsp3) is 0.333. The molecule has 1 heterocycles. The Kier molecular flexibility index (Phi) is 6.62. The van der Waals surface area contributed by atoms with Gasteiger partial charge in [-0.3, -0.25) is 9.69 Å². The molecule has 0 atom stereocenters. The SMILES string of the molecule is CCOc1cccc2sc(N(CCN(C)C)C(=O)c3cccc(C(F)(F)F)c3)nc12. The number of thiazole rings is 1. The lowest BCUT2D eigenvalue weighted by molar-refractivity contribution is -0.137. The normalized spacial score (nSPS) is 11.8. The zero-order chi connectivity index (χ0) is 21.9. The molecule has 9 heteroatoms. The molecule has 3 rings (SSSR count). The number of aromatic nitrogens is 1. The lowest BCUT2D eigenvalue weighted by atomic mass is 10.1. The standard InChI is InChI=1S/C21H22F3N3O2S/c1-4-29-16-9-6-10-17-18(16)25-20(30-17)27(12-11-26(2)3)19(28)14-7-5-8-15(13-14)21(22,23)24/h5-10,13H,4,11-12H2,1-3H3. The number of carbonyl (C=O) groups is 1. The largest absolute Gasteiger partial charge is 0.492 e. The summed E-state index contributed by atoms with van der Waals surface area (Å²) in [6, 6.07) is 9.97. The second-order valence-electron chi connectivity index (χ2n) is 6.87. The van der Waals surface area contributed by atoms with Crippen LogP contribution in [0.15, 0.2) is 42.5 Å². The molecule has 0 bridgehead atoms. The molecule has 0 aliphatic heterocycles. The number of likely N-dealkylation sites (N-methyl/N-ethyl adjacent to an activating group) is 1. The first-order valence-corrected chi connectivity index (χ1v) is 10.2. The summed E-state index contributed by atoms with van der Waals surface area (Å²) in [7, 11) is 3.72. The van der Waals surface area contributed by atoms with Crippen molar-refractivity contribution in [1.82, 2.24) is 9.88 Å². The number of carbonyl (C=O) groups excluding carboxylic acids is 1. The minimum absolute atomic E-state index is 0.0344. The minimum Gasteiger partial charge on any atom is -0.492 e. The molecule has 1 aromatic heterocycles. The number of halogens is 3. The maximum absolute atomic E-state index is 13.2. The van der Waals surface area contributed by atoms with Crippen LogP contribution in [0.2, 0.25) is 0 Å². The van der Waals surface area contributed by atoms with Gasteiger partial charge in [-0.25, -0.2) is 4.98 Å². The van der Waals surface area contributed by atoms with Gasteiger partial charge in [-0.1, -0.05) is 23.5 Å². The monoisotopic (exact) mass is 437 g/mol. The van der Waals surface area contributed by atoms with Crippen LogP contribution in [0, 0.1) is 0 Å². The summed E-state index contributed by atoms with van der Waals surface area (Å²) >= 11 is 1.30. The van der Waals surface area contributed by atoms with E-state index in [9.17, 15) is 18.0 Å². The smallest absolute Gasteiger partial charge is 0.416 e. The Bertz CT molecular complexity index is 1030. The van der Waals surface area contributed by atoms with Crippen LogP contribution in [0.5, 0.6) is 5.75 Å². The van der Waals surface area contributed by atoms with E-state index in [4.69, 9.17) is 4.74 Å². The Morgan fingerprint density at radius 1 is 1.13 bits per heavy atom. The molecule has 0 unspecified atom stereocenters. The number of anilines is 1. The highest BCUT2D eigenvalue weighted by Crippen LogP contribution is 2.35. The zero-order valence-electron chi connectivity index (χ0n) is 16.9. The van der Waals surface area contributed by atoms with Crippen molar-refractivity contribution in [2.24, 2.45) is 0 Å². The molecule has 1 amide bonds. The zero-order valence-corrected chi connectivity index (χ0v) is 17.7. The first-order chi connectivity index (χ1) is 14.2. The van der Waals surface area contributed by atoms with Crippen LogP contribution in [-0.4, -0.2) is 49.6 Å². The molecule has 5 nitrogen and oxygen atoms in total. The van der Waals surface area contributed by atoms with Gasteiger partial charge in [0.1, 0.15) is 11.3 Å². The maximum atomic E-state index is 13.2. The van der Waals surface area contributed by atoms with E-state index in [1.165, 1.54) is 28.4 Å². The van der Waals surface area contributed by atoms with Gasteiger partial charge in [-0.05, 0) is 51.4 Å². The van der Waals surface area contributed by atoms with E-state index < -0.39 is 17.6 Å². The summed E-state index contributed by atoms with van der Waals surface area (Å²) in [5, 5.41) is 0.418. The number of alkyl halides is 3. The molecule has 0 aliphatic carbocycles. The Hall–Kier alpha value is -2.65. The predicted octanol–water partition coefficient (Wildman–Crippen LogP) is 4.92. The van der Waals surface area contributed by atoms with Crippen LogP contribution in [0.1, 0.15) is 22.8 Å². The second kappa shape index (κ2) is 9.01. The molecule has 0 N–H and O–H groups in total. The molecule has 160 valence electrons. The molecule has 2 aromatic carbocycles. The summed E-state index contributed by atoms with van der Waals surface area (Å²) in [6.07, 6.45) is -4.52. The van der Waals surface area contributed by atoms with Gasteiger partial charge in [0.05, 0.1) is 16.9 Å². The molecular formula is C21H22F3N3O2S. The molecule has 0 saturated heterocycles. The lowest BCUT2D eigenvalue weighted by Gasteiger charge is -2.22. The van der Waals surface area contributed by atoms with E-state index in [2.05, 4.69) is 4.98 Å². The number of benzene rings is 2. The van der Waals surface area contributed by atoms with Crippen molar-refractivity contribution in [3.05, 3.63) is 53.6 Å². The van der Waals surface area contributed by atoms with E-state index in [0.717, 1.165) is 16.8 Å². The van der Waals surface area contributed by atoms with Crippen LogP contribution in [0.3, 0.4) is 0 Å². The highest BCUT2D eigenvalue weighted by Gasteiger charge is 2.32. The van der Waals surface area contributed by atoms with Crippen LogP contribution in [0.4, 0.5) is 18.3 Å². The first-order valence-electron chi connectivity index (χ1n) is 9.37. The molecule has 0 aliphatic rings. The van der Waals surface area contributed by atoms with Crippen LogP contribution < -0.4 is 9.64 Å². The van der Waals surface area contributed by atoms with E-state index in [1.807, 2.05) is 38.1 Å². The number of nitrogens with zero attached hydrogens (tertiary/aromatic N) is 3. The number of fused-ring (bicyclic) bond motifs is 1. The van der Waals surface area contributed by atoms with Crippen molar-refractivity contribution < 1.29 is 22.7 Å². The number of hydrogen-bond acceptors (Lipinski definition) is 5. The van der Waals surface area contributed by atoms with Crippen LogP contribution >= 0.6 is 11.3 Å². The highest BCUT2D eigenvalue weighted by atomic mass is 32.1. The van der Waals surface area contributed by atoms with Crippen molar-refractivity contribution in [2.45, 2.75) is 13.1 Å². The first kappa shape index (κ1) is 22.0. The molecular weight excluding hydrogens is 415 g/mol. The van der Waals surface area contributed by atoms with Gasteiger partial charge in [0.2, 0.25) is 0 Å². The molecule has 0 radical (unpaired) electrons. The lowest BCUT2D eigenvalue weighted by Crippen LogP contribution is -2.36. The van der Waals surface area contributed by atoms with Gasteiger partial charge in [-0.2, -0.15) is 13.2 Å². The van der Waals surface area contributed by atoms with Crippen molar-refractivity contribution in [1.29, 1.82) is 0 Å². The molecule has 0 spiro atoms. The van der Waals surface area contributed by atoms with Crippen molar-refractivity contribution in [2.75, 3.05) is 38.7 Å². The third-order valence-corrected chi connectivity index (χ3v) is 5.40. The maximum Gasteiger partial charge on any atom is 0.416 e. The summed E-state index contributed by atoms with van der Waals surface area (Å²) in [5.41, 5.74) is -0.261. The average Bonchev–Trinajstić information content (AvgIpc) is 3.12. The molecule has 3 aromatic rings. The number of rotatable bonds is 7. The molecule has 0 fully saturated rings. The van der Waals surface area contributed by atoms with E-state index >= 15 is 0 Å². The van der Waals surface area contributed by atoms with E-state index in [0.29, 0.717) is 29.5 Å². The average molecular weight is 437 g/mol. The number of amides is 1.